The van der Waals surface area contributed by atoms with Crippen LogP contribution in [-0.2, 0) is 0 Å². The second-order valence-electron chi connectivity index (χ2n) is 5.70. The minimum absolute atomic E-state index is 0.170. The molecular weight excluding hydrogens is 290 g/mol. The first kappa shape index (κ1) is 13.9. The van der Waals surface area contributed by atoms with E-state index in [1.54, 1.807) is 0 Å². The molecule has 2 nitrogen and oxygen atoms in total. The lowest BCUT2D eigenvalue weighted by molar-refractivity contribution is 0.106. The van der Waals surface area contributed by atoms with E-state index in [9.17, 15) is 5.11 Å². The number of hydrogen-bond donors (Lipinski definition) is 2. The number of nitrogens with one attached hydrogen (secondary N) is 1. The van der Waals surface area contributed by atoms with Gasteiger partial charge in [-0.1, -0.05) is 26.0 Å². The smallest absolute Gasteiger partial charge is 0.0664 e. The third kappa shape index (κ3) is 2.72. The third-order valence-corrected chi connectivity index (χ3v) is 5.01. The SMILES string of the molecule is CC1CCC(CO)(Nc2ccccc2Br)C(C)C1. The monoisotopic (exact) mass is 311 g/mol. The predicted octanol–water partition coefficient (Wildman–Crippen LogP) is 4.05. The standard InChI is InChI=1S/C15H22BrNO/c1-11-7-8-15(10-18,12(2)9-11)17-14-6-4-3-5-13(14)16/h3-6,11-12,17-18H,7-10H2,1-2H3. The maximum absolute atomic E-state index is 9.87. The average molecular weight is 312 g/mol. The van der Waals surface area contributed by atoms with Crippen molar-refractivity contribution in [3.63, 3.8) is 0 Å². The molecule has 2 N–H and O–H groups in total. The molecule has 0 aliphatic heterocycles. The zero-order chi connectivity index (χ0) is 13.2. The summed E-state index contributed by atoms with van der Waals surface area (Å²) in [5, 5.41) is 13.5. The van der Waals surface area contributed by atoms with Crippen LogP contribution >= 0.6 is 15.9 Å². The first-order valence-corrected chi connectivity index (χ1v) is 7.50. The van der Waals surface area contributed by atoms with Crippen molar-refractivity contribution in [2.75, 3.05) is 11.9 Å². The summed E-state index contributed by atoms with van der Waals surface area (Å²) in [5.41, 5.74) is 0.907. The number of hydrogen-bond acceptors (Lipinski definition) is 2. The van der Waals surface area contributed by atoms with Crippen LogP contribution in [0.4, 0.5) is 5.69 Å². The van der Waals surface area contributed by atoms with Gasteiger partial charge in [-0.15, -0.1) is 0 Å². The van der Waals surface area contributed by atoms with Crippen LogP contribution in [0, 0.1) is 11.8 Å². The van der Waals surface area contributed by atoms with Crippen LogP contribution in [0.15, 0.2) is 28.7 Å². The fourth-order valence-corrected chi connectivity index (χ4v) is 3.37. The Morgan fingerprint density at radius 1 is 1.39 bits per heavy atom. The van der Waals surface area contributed by atoms with Crippen LogP contribution in [-0.4, -0.2) is 17.3 Å². The number of anilines is 1. The van der Waals surface area contributed by atoms with E-state index in [4.69, 9.17) is 0 Å². The van der Waals surface area contributed by atoms with Gasteiger partial charge >= 0.3 is 0 Å². The summed E-state index contributed by atoms with van der Waals surface area (Å²) in [6.07, 6.45) is 3.40. The average Bonchev–Trinajstić information content (AvgIpc) is 2.36. The fraction of sp³-hybridized carbons (Fsp3) is 0.600. The summed E-state index contributed by atoms with van der Waals surface area (Å²) in [4.78, 5) is 0. The molecule has 1 saturated carbocycles. The van der Waals surface area contributed by atoms with E-state index in [0.29, 0.717) is 5.92 Å². The zero-order valence-corrected chi connectivity index (χ0v) is 12.7. The Labute approximate surface area is 118 Å². The van der Waals surface area contributed by atoms with Crippen LogP contribution < -0.4 is 5.32 Å². The van der Waals surface area contributed by atoms with Crippen LogP contribution in [0.2, 0.25) is 0 Å². The second kappa shape index (κ2) is 5.62. The molecule has 0 heterocycles. The zero-order valence-electron chi connectivity index (χ0n) is 11.1. The van der Waals surface area contributed by atoms with E-state index in [0.717, 1.165) is 22.5 Å². The van der Waals surface area contributed by atoms with E-state index in [1.807, 2.05) is 18.2 Å². The van der Waals surface area contributed by atoms with Crippen molar-refractivity contribution >= 4 is 21.6 Å². The first-order chi connectivity index (χ1) is 8.57. The Kier molecular flexibility index (Phi) is 4.33. The number of aliphatic hydroxyl groups excluding tert-OH is 1. The molecule has 2 rings (SSSR count). The Morgan fingerprint density at radius 2 is 2.11 bits per heavy atom. The van der Waals surface area contributed by atoms with Gasteiger partial charge in [-0.25, -0.2) is 0 Å². The minimum atomic E-state index is -0.170. The van der Waals surface area contributed by atoms with Crippen LogP contribution in [0.1, 0.15) is 33.1 Å². The van der Waals surface area contributed by atoms with E-state index in [1.165, 1.54) is 12.8 Å². The van der Waals surface area contributed by atoms with Crippen molar-refractivity contribution in [1.29, 1.82) is 0 Å². The number of halogens is 1. The largest absolute Gasteiger partial charge is 0.394 e. The van der Waals surface area contributed by atoms with E-state index in [2.05, 4.69) is 41.2 Å². The number of para-hydroxylation sites is 1. The maximum Gasteiger partial charge on any atom is 0.0664 e. The van der Waals surface area contributed by atoms with E-state index < -0.39 is 0 Å². The van der Waals surface area contributed by atoms with Gasteiger partial charge in [0.2, 0.25) is 0 Å². The molecule has 0 bridgehead atoms. The molecule has 3 unspecified atom stereocenters. The normalized spacial score (nSPS) is 32.2. The number of benzene rings is 1. The highest BCUT2D eigenvalue weighted by atomic mass is 79.9. The lowest BCUT2D eigenvalue weighted by Gasteiger charge is -2.45. The quantitative estimate of drug-likeness (QED) is 0.882. The Hall–Kier alpha value is -0.540. The summed E-state index contributed by atoms with van der Waals surface area (Å²) in [5.74, 6) is 1.25. The van der Waals surface area contributed by atoms with Crippen LogP contribution in [0.5, 0.6) is 0 Å². The molecule has 1 aromatic rings. The van der Waals surface area contributed by atoms with Crippen molar-refractivity contribution in [2.24, 2.45) is 11.8 Å². The molecule has 1 aliphatic carbocycles. The van der Waals surface area contributed by atoms with Gasteiger partial charge < -0.3 is 10.4 Å². The van der Waals surface area contributed by atoms with Crippen molar-refractivity contribution < 1.29 is 5.11 Å². The molecule has 1 aromatic carbocycles. The van der Waals surface area contributed by atoms with Gasteiger partial charge in [-0.3, -0.25) is 0 Å². The lowest BCUT2D eigenvalue weighted by atomic mass is 9.70. The van der Waals surface area contributed by atoms with Crippen molar-refractivity contribution in [3.8, 4) is 0 Å². The summed E-state index contributed by atoms with van der Waals surface area (Å²) in [6, 6.07) is 8.12. The highest BCUT2D eigenvalue weighted by molar-refractivity contribution is 9.10. The molecule has 0 saturated heterocycles. The second-order valence-corrected chi connectivity index (χ2v) is 6.55. The fourth-order valence-electron chi connectivity index (χ4n) is 2.99. The molecule has 0 aromatic heterocycles. The summed E-state index contributed by atoms with van der Waals surface area (Å²) in [6.45, 7) is 4.74. The third-order valence-electron chi connectivity index (χ3n) is 4.32. The van der Waals surface area contributed by atoms with E-state index >= 15 is 0 Å². The number of aliphatic hydroxyl groups is 1. The molecular formula is C15H22BrNO. The minimum Gasteiger partial charge on any atom is -0.394 e. The Bertz CT molecular complexity index is 409. The molecule has 3 heteroatoms. The molecule has 100 valence electrons. The predicted molar refractivity (Wildman–Crippen MR) is 79.8 cm³/mol. The van der Waals surface area contributed by atoms with Crippen LogP contribution in [0.3, 0.4) is 0 Å². The van der Waals surface area contributed by atoms with Crippen molar-refractivity contribution in [2.45, 2.75) is 38.6 Å². The van der Waals surface area contributed by atoms with Gasteiger partial charge in [-0.2, -0.15) is 0 Å². The maximum atomic E-state index is 9.87. The molecule has 3 atom stereocenters. The number of rotatable bonds is 3. The van der Waals surface area contributed by atoms with Gasteiger partial charge in [0.25, 0.3) is 0 Å². The molecule has 0 amide bonds. The van der Waals surface area contributed by atoms with Gasteiger partial charge in [-0.05, 0) is 59.2 Å². The molecule has 1 fully saturated rings. The summed E-state index contributed by atoms with van der Waals surface area (Å²) in [7, 11) is 0. The van der Waals surface area contributed by atoms with Crippen molar-refractivity contribution in [3.05, 3.63) is 28.7 Å². The molecule has 1 aliphatic rings. The summed E-state index contributed by atoms with van der Waals surface area (Å²) >= 11 is 3.56. The van der Waals surface area contributed by atoms with Gasteiger partial charge in [0.15, 0.2) is 0 Å². The van der Waals surface area contributed by atoms with E-state index in [-0.39, 0.29) is 12.1 Å². The molecule has 0 spiro atoms. The highest BCUT2D eigenvalue weighted by Crippen LogP contribution is 2.39. The first-order valence-electron chi connectivity index (χ1n) is 6.71. The molecule has 18 heavy (non-hydrogen) atoms. The van der Waals surface area contributed by atoms with Gasteiger partial charge in [0, 0.05) is 10.2 Å². The van der Waals surface area contributed by atoms with Gasteiger partial charge in [0.1, 0.15) is 0 Å². The Morgan fingerprint density at radius 3 is 2.72 bits per heavy atom. The topological polar surface area (TPSA) is 32.3 Å². The highest BCUT2D eigenvalue weighted by Gasteiger charge is 2.39. The van der Waals surface area contributed by atoms with Crippen LogP contribution in [0.25, 0.3) is 0 Å². The van der Waals surface area contributed by atoms with Gasteiger partial charge in [0.05, 0.1) is 12.1 Å². The summed E-state index contributed by atoms with van der Waals surface area (Å²) < 4.78 is 1.06. The lowest BCUT2D eigenvalue weighted by Crippen LogP contribution is -2.51. The molecule has 0 radical (unpaired) electrons. The Balaban J connectivity index is 2.21. The van der Waals surface area contributed by atoms with Crippen molar-refractivity contribution in [1.82, 2.24) is 0 Å².